The van der Waals surface area contributed by atoms with Crippen LogP contribution in [0.2, 0.25) is 0 Å². The molecular formula is C17H22N4OS. The largest absolute Gasteiger partial charge is 0.382 e. The minimum atomic E-state index is 0.177. The second kappa shape index (κ2) is 7.08. The smallest absolute Gasteiger partial charge is 0.263 e. The van der Waals surface area contributed by atoms with Gasteiger partial charge in [-0.2, -0.15) is 0 Å². The quantitative estimate of drug-likeness (QED) is 0.939. The Labute approximate surface area is 140 Å². The fourth-order valence-corrected chi connectivity index (χ4v) is 3.88. The molecule has 1 atom stereocenters. The van der Waals surface area contributed by atoms with Crippen LogP contribution in [0, 0.1) is 12.8 Å². The molecule has 1 aliphatic heterocycles. The molecule has 3 heterocycles. The summed E-state index contributed by atoms with van der Waals surface area (Å²) >= 11 is 1.58. The Bertz CT molecular complexity index is 667. The lowest BCUT2D eigenvalue weighted by atomic mass is 9.95. The lowest BCUT2D eigenvalue weighted by Gasteiger charge is -2.19. The molecular weight excluding hydrogens is 308 g/mol. The van der Waals surface area contributed by atoms with Crippen molar-refractivity contribution in [2.24, 2.45) is 5.92 Å². The SMILES string of the molecule is Cc1ccc(C(=O)N2CCC[C@@H](Cc3cnc(N)cn3)CC2)s1. The van der Waals surface area contributed by atoms with E-state index in [1.807, 2.05) is 24.0 Å². The fourth-order valence-electron chi connectivity index (χ4n) is 3.04. The van der Waals surface area contributed by atoms with Gasteiger partial charge in [0.15, 0.2) is 0 Å². The van der Waals surface area contributed by atoms with Crippen molar-refractivity contribution >= 4 is 23.1 Å². The molecule has 0 aromatic carbocycles. The predicted octanol–water partition coefficient (Wildman–Crippen LogP) is 2.91. The Kier molecular flexibility index (Phi) is 4.91. The van der Waals surface area contributed by atoms with Crippen LogP contribution in [0.4, 0.5) is 5.82 Å². The van der Waals surface area contributed by atoms with Crippen LogP contribution in [-0.2, 0) is 6.42 Å². The van der Waals surface area contributed by atoms with E-state index >= 15 is 0 Å². The standard InChI is InChI=1S/C17H22N4OS/c1-12-4-5-15(23-12)17(22)21-7-2-3-13(6-8-21)9-14-10-20-16(18)11-19-14/h4-5,10-11,13H,2-3,6-9H2,1H3,(H2,18,20)/t13-/m1/s1. The highest BCUT2D eigenvalue weighted by Crippen LogP contribution is 2.24. The predicted molar refractivity (Wildman–Crippen MR) is 92.4 cm³/mol. The van der Waals surface area contributed by atoms with Gasteiger partial charge >= 0.3 is 0 Å². The van der Waals surface area contributed by atoms with Crippen LogP contribution < -0.4 is 5.73 Å². The molecule has 0 saturated carbocycles. The van der Waals surface area contributed by atoms with Crippen LogP contribution in [0.15, 0.2) is 24.5 Å². The third kappa shape index (κ3) is 4.07. The van der Waals surface area contributed by atoms with Crippen molar-refractivity contribution in [3.63, 3.8) is 0 Å². The molecule has 0 bridgehead atoms. The molecule has 0 unspecified atom stereocenters. The highest BCUT2D eigenvalue weighted by atomic mass is 32.1. The first-order valence-corrected chi connectivity index (χ1v) is 8.85. The molecule has 1 saturated heterocycles. The number of likely N-dealkylation sites (tertiary alicyclic amines) is 1. The summed E-state index contributed by atoms with van der Waals surface area (Å²) in [5.74, 6) is 1.18. The number of nitrogens with two attached hydrogens (primary N) is 1. The first kappa shape index (κ1) is 15.9. The molecule has 23 heavy (non-hydrogen) atoms. The monoisotopic (exact) mass is 330 g/mol. The maximum absolute atomic E-state index is 12.6. The number of nitrogens with zero attached hydrogens (tertiary/aromatic N) is 3. The number of anilines is 1. The average molecular weight is 330 g/mol. The van der Waals surface area contributed by atoms with Gasteiger partial charge in [0.05, 0.1) is 23.0 Å². The average Bonchev–Trinajstić information content (AvgIpc) is 2.84. The summed E-state index contributed by atoms with van der Waals surface area (Å²) in [5.41, 5.74) is 6.56. The third-order valence-corrected chi connectivity index (χ3v) is 5.30. The number of hydrogen-bond acceptors (Lipinski definition) is 5. The molecule has 0 radical (unpaired) electrons. The normalized spacial score (nSPS) is 18.7. The number of hydrogen-bond donors (Lipinski definition) is 1. The first-order valence-electron chi connectivity index (χ1n) is 8.04. The van der Waals surface area contributed by atoms with Crippen LogP contribution in [0.5, 0.6) is 0 Å². The van der Waals surface area contributed by atoms with E-state index in [1.54, 1.807) is 23.7 Å². The molecule has 3 rings (SSSR count). The number of aryl methyl sites for hydroxylation is 1. The molecule has 1 amide bonds. The summed E-state index contributed by atoms with van der Waals surface area (Å²) in [7, 11) is 0. The summed E-state index contributed by atoms with van der Waals surface area (Å²) in [6.07, 6.45) is 7.47. The Morgan fingerprint density at radius 1 is 1.30 bits per heavy atom. The Hall–Kier alpha value is -1.95. The van der Waals surface area contributed by atoms with Crippen LogP contribution in [0.1, 0.15) is 39.5 Å². The molecule has 0 aliphatic carbocycles. The van der Waals surface area contributed by atoms with Crippen molar-refractivity contribution in [2.75, 3.05) is 18.8 Å². The van der Waals surface area contributed by atoms with E-state index < -0.39 is 0 Å². The topological polar surface area (TPSA) is 72.1 Å². The van der Waals surface area contributed by atoms with Gasteiger partial charge in [-0.1, -0.05) is 0 Å². The maximum Gasteiger partial charge on any atom is 0.263 e. The number of rotatable bonds is 3. The van der Waals surface area contributed by atoms with E-state index in [0.29, 0.717) is 11.7 Å². The zero-order chi connectivity index (χ0) is 16.2. The first-order chi connectivity index (χ1) is 11.1. The maximum atomic E-state index is 12.6. The van der Waals surface area contributed by atoms with Crippen molar-refractivity contribution in [3.05, 3.63) is 40.0 Å². The summed E-state index contributed by atoms with van der Waals surface area (Å²) in [5, 5.41) is 0. The third-order valence-electron chi connectivity index (χ3n) is 4.31. The molecule has 2 aromatic heterocycles. The summed E-state index contributed by atoms with van der Waals surface area (Å²) in [6.45, 7) is 3.70. The minimum Gasteiger partial charge on any atom is -0.382 e. The molecule has 1 aliphatic rings. The number of amides is 1. The second-order valence-corrected chi connectivity index (χ2v) is 7.42. The summed E-state index contributed by atoms with van der Waals surface area (Å²) in [4.78, 5) is 25.1. The van der Waals surface area contributed by atoms with Crippen molar-refractivity contribution in [2.45, 2.75) is 32.6 Å². The van der Waals surface area contributed by atoms with Gasteiger partial charge in [-0.3, -0.25) is 9.78 Å². The van der Waals surface area contributed by atoms with Crippen molar-refractivity contribution < 1.29 is 4.79 Å². The molecule has 0 spiro atoms. The number of thiophene rings is 1. The van der Waals surface area contributed by atoms with Crippen molar-refractivity contribution in [1.29, 1.82) is 0 Å². The molecule has 1 fully saturated rings. The number of carbonyl (C=O) groups excluding carboxylic acids is 1. The van der Waals surface area contributed by atoms with Gasteiger partial charge in [-0.15, -0.1) is 11.3 Å². The molecule has 2 N–H and O–H groups in total. The molecule has 5 nitrogen and oxygen atoms in total. The van der Waals surface area contributed by atoms with Gasteiger partial charge in [0.1, 0.15) is 5.82 Å². The molecule has 6 heteroatoms. The summed E-state index contributed by atoms with van der Waals surface area (Å²) < 4.78 is 0. The van der Waals surface area contributed by atoms with Gasteiger partial charge in [0, 0.05) is 18.0 Å². The van der Waals surface area contributed by atoms with Gasteiger partial charge in [-0.05, 0) is 50.7 Å². The zero-order valence-corrected chi connectivity index (χ0v) is 14.2. The second-order valence-electron chi connectivity index (χ2n) is 6.14. The van der Waals surface area contributed by atoms with Crippen LogP contribution in [-0.4, -0.2) is 33.9 Å². The Balaban J connectivity index is 1.58. The Morgan fingerprint density at radius 3 is 2.87 bits per heavy atom. The lowest BCUT2D eigenvalue weighted by molar-refractivity contribution is 0.0765. The van der Waals surface area contributed by atoms with Crippen molar-refractivity contribution in [3.8, 4) is 0 Å². The van der Waals surface area contributed by atoms with Gasteiger partial charge in [0.25, 0.3) is 5.91 Å². The molecule has 2 aromatic rings. The van der Waals surface area contributed by atoms with Gasteiger partial charge in [-0.25, -0.2) is 4.98 Å². The van der Waals surface area contributed by atoms with E-state index in [2.05, 4.69) is 9.97 Å². The summed E-state index contributed by atoms with van der Waals surface area (Å²) in [6, 6.07) is 3.95. The minimum absolute atomic E-state index is 0.177. The zero-order valence-electron chi connectivity index (χ0n) is 13.4. The fraction of sp³-hybridized carbons (Fsp3) is 0.471. The highest BCUT2D eigenvalue weighted by molar-refractivity contribution is 7.13. The van der Waals surface area contributed by atoms with E-state index in [-0.39, 0.29) is 5.91 Å². The van der Waals surface area contributed by atoms with Crippen molar-refractivity contribution in [1.82, 2.24) is 14.9 Å². The van der Waals surface area contributed by atoms with E-state index in [4.69, 9.17) is 5.73 Å². The van der Waals surface area contributed by atoms with E-state index in [1.165, 1.54) is 4.88 Å². The van der Waals surface area contributed by atoms with E-state index in [9.17, 15) is 4.79 Å². The van der Waals surface area contributed by atoms with Crippen LogP contribution >= 0.6 is 11.3 Å². The number of nitrogen functional groups attached to an aromatic ring is 1. The Morgan fingerprint density at radius 2 is 2.17 bits per heavy atom. The highest BCUT2D eigenvalue weighted by Gasteiger charge is 2.22. The van der Waals surface area contributed by atoms with Gasteiger partial charge < -0.3 is 10.6 Å². The van der Waals surface area contributed by atoms with Gasteiger partial charge in [0.2, 0.25) is 0 Å². The number of carbonyl (C=O) groups is 1. The number of aromatic nitrogens is 2. The molecule has 122 valence electrons. The van der Waals surface area contributed by atoms with Crippen LogP contribution in [0.3, 0.4) is 0 Å². The van der Waals surface area contributed by atoms with Crippen LogP contribution in [0.25, 0.3) is 0 Å². The lowest BCUT2D eigenvalue weighted by Crippen LogP contribution is -2.31. The van der Waals surface area contributed by atoms with E-state index in [0.717, 1.165) is 49.3 Å².